The molecule has 0 saturated carbocycles. The summed E-state index contributed by atoms with van der Waals surface area (Å²) < 4.78 is 14.2. The number of nitrogens with zero attached hydrogens (tertiary/aromatic N) is 1. The Kier molecular flexibility index (Phi) is 6.68. The molecule has 1 aromatic carbocycles. The van der Waals surface area contributed by atoms with Gasteiger partial charge in [0.25, 0.3) is 0 Å². The molecule has 1 atom stereocenters. The molecular weight excluding hydrogens is 287 g/mol. The summed E-state index contributed by atoms with van der Waals surface area (Å²) in [4.78, 5) is 2.37. The lowest BCUT2D eigenvalue weighted by Crippen LogP contribution is -2.45. The summed E-state index contributed by atoms with van der Waals surface area (Å²) in [5.41, 5.74) is 0.739. The number of rotatable bonds is 7. The van der Waals surface area contributed by atoms with E-state index in [1.165, 1.54) is 6.07 Å². The number of hydrogen-bond donors (Lipinski definition) is 1. The predicted molar refractivity (Wildman–Crippen MR) is 87.3 cm³/mol. The van der Waals surface area contributed by atoms with Gasteiger partial charge in [0.1, 0.15) is 5.82 Å². The number of unbranched alkanes of at least 4 members (excludes halogenated alkanes) is 2. The first-order chi connectivity index (χ1) is 10.2. The lowest BCUT2D eigenvalue weighted by atomic mass is 9.97. The van der Waals surface area contributed by atoms with Crippen LogP contribution in [0, 0.1) is 5.82 Å². The molecule has 1 heterocycles. The Balaban J connectivity index is 2.13. The number of hydrogen-bond acceptors (Lipinski definition) is 2. The Morgan fingerprint density at radius 1 is 1.33 bits per heavy atom. The third-order valence-electron chi connectivity index (χ3n) is 4.05. The number of allylic oxidation sites excluding steroid dienone is 1. The molecule has 1 saturated heterocycles. The van der Waals surface area contributed by atoms with E-state index < -0.39 is 0 Å². The van der Waals surface area contributed by atoms with Crippen molar-refractivity contribution in [3.8, 4) is 0 Å². The molecule has 1 aliphatic heterocycles. The maximum absolute atomic E-state index is 14.2. The van der Waals surface area contributed by atoms with E-state index in [9.17, 15) is 4.39 Å². The van der Waals surface area contributed by atoms with E-state index in [1.807, 2.05) is 6.08 Å². The van der Waals surface area contributed by atoms with Gasteiger partial charge in [-0.3, -0.25) is 4.90 Å². The number of piperazine rings is 1. The second-order valence-corrected chi connectivity index (χ2v) is 5.98. The third-order valence-corrected chi connectivity index (χ3v) is 4.28. The van der Waals surface area contributed by atoms with Crippen LogP contribution >= 0.6 is 11.6 Å². The zero-order valence-corrected chi connectivity index (χ0v) is 13.2. The molecule has 0 unspecified atom stereocenters. The first-order valence-corrected chi connectivity index (χ1v) is 8.11. The monoisotopic (exact) mass is 310 g/mol. The molecule has 1 aromatic rings. The van der Waals surface area contributed by atoms with Gasteiger partial charge in [-0.15, -0.1) is 6.58 Å². The number of nitrogens with one attached hydrogen (secondary N) is 1. The molecule has 0 aliphatic carbocycles. The highest BCUT2D eigenvalue weighted by atomic mass is 35.5. The molecule has 4 heteroatoms. The van der Waals surface area contributed by atoms with Crippen LogP contribution in [0.25, 0.3) is 0 Å². The zero-order valence-electron chi connectivity index (χ0n) is 12.5. The van der Waals surface area contributed by atoms with Crippen LogP contribution in [0.15, 0.2) is 30.9 Å². The van der Waals surface area contributed by atoms with Crippen LogP contribution in [0.3, 0.4) is 0 Å². The van der Waals surface area contributed by atoms with Crippen molar-refractivity contribution in [3.05, 3.63) is 47.3 Å². The Morgan fingerprint density at radius 2 is 2.10 bits per heavy atom. The first-order valence-electron chi connectivity index (χ1n) is 7.73. The van der Waals surface area contributed by atoms with Gasteiger partial charge < -0.3 is 5.32 Å². The lowest BCUT2D eigenvalue weighted by Gasteiger charge is -2.35. The molecule has 0 radical (unpaired) electrons. The van der Waals surface area contributed by atoms with E-state index in [4.69, 9.17) is 11.6 Å². The molecule has 1 N–H and O–H groups in total. The van der Waals surface area contributed by atoms with E-state index >= 15 is 0 Å². The van der Waals surface area contributed by atoms with E-state index in [2.05, 4.69) is 16.8 Å². The van der Waals surface area contributed by atoms with E-state index in [-0.39, 0.29) is 11.9 Å². The highest BCUT2D eigenvalue weighted by Gasteiger charge is 2.24. The second-order valence-electron chi connectivity index (χ2n) is 5.54. The molecule has 0 bridgehead atoms. The average Bonchev–Trinajstić information content (AvgIpc) is 2.51. The molecular formula is C17H24ClFN2. The van der Waals surface area contributed by atoms with Crippen molar-refractivity contribution in [2.75, 3.05) is 26.2 Å². The molecule has 0 amide bonds. The molecule has 2 rings (SSSR count). The number of halogens is 2. The van der Waals surface area contributed by atoms with Crippen LogP contribution < -0.4 is 5.32 Å². The van der Waals surface area contributed by atoms with Crippen LogP contribution in [0.2, 0.25) is 5.02 Å². The minimum atomic E-state index is -0.147. The minimum Gasteiger partial charge on any atom is -0.314 e. The maximum atomic E-state index is 14.2. The smallest absolute Gasteiger partial charge is 0.128 e. The summed E-state index contributed by atoms with van der Waals surface area (Å²) in [6.45, 7) is 7.60. The topological polar surface area (TPSA) is 15.3 Å². The quantitative estimate of drug-likeness (QED) is 0.600. The van der Waals surface area contributed by atoms with Gasteiger partial charge in [-0.1, -0.05) is 24.1 Å². The van der Waals surface area contributed by atoms with Crippen molar-refractivity contribution >= 4 is 11.6 Å². The normalized spacial score (nSPS) is 17.6. The highest BCUT2D eigenvalue weighted by molar-refractivity contribution is 6.30. The standard InChI is InChI=1S/C17H24ClFN2/c1-2-3-4-5-6-17(21-11-9-20-10-12-21)15-13-14(18)7-8-16(15)19/h2,7-8,13,17,20H,1,3-6,9-12H2/t17-/m0/s1. The summed E-state index contributed by atoms with van der Waals surface area (Å²) in [5, 5.41) is 3.96. The van der Waals surface area contributed by atoms with Gasteiger partial charge in [-0.05, 0) is 37.5 Å². The van der Waals surface area contributed by atoms with Crippen molar-refractivity contribution in [2.45, 2.75) is 31.7 Å². The molecule has 0 spiro atoms. The van der Waals surface area contributed by atoms with Gasteiger partial charge in [-0.2, -0.15) is 0 Å². The van der Waals surface area contributed by atoms with Crippen molar-refractivity contribution in [1.29, 1.82) is 0 Å². The van der Waals surface area contributed by atoms with Crippen molar-refractivity contribution in [1.82, 2.24) is 10.2 Å². The number of benzene rings is 1. The molecule has 1 fully saturated rings. The minimum absolute atomic E-state index is 0.121. The fourth-order valence-electron chi connectivity index (χ4n) is 2.92. The predicted octanol–water partition coefficient (Wildman–Crippen LogP) is 4.17. The van der Waals surface area contributed by atoms with Gasteiger partial charge in [-0.25, -0.2) is 4.39 Å². The fraction of sp³-hybridized carbons (Fsp3) is 0.529. The van der Waals surface area contributed by atoms with Crippen LogP contribution in [-0.4, -0.2) is 31.1 Å². The Hall–Kier alpha value is -0.900. The molecule has 2 nitrogen and oxygen atoms in total. The van der Waals surface area contributed by atoms with Crippen molar-refractivity contribution in [2.24, 2.45) is 0 Å². The fourth-order valence-corrected chi connectivity index (χ4v) is 3.11. The molecule has 116 valence electrons. The Bertz CT molecular complexity index is 458. The Morgan fingerprint density at radius 3 is 2.81 bits per heavy atom. The van der Waals surface area contributed by atoms with Gasteiger partial charge in [0, 0.05) is 42.8 Å². The van der Waals surface area contributed by atoms with E-state index in [1.54, 1.807) is 12.1 Å². The summed E-state index contributed by atoms with van der Waals surface area (Å²) in [6.07, 6.45) is 6.11. The largest absolute Gasteiger partial charge is 0.314 e. The van der Waals surface area contributed by atoms with Crippen LogP contribution in [0.1, 0.15) is 37.3 Å². The van der Waals surface area contributed by atoms with Gasteiger partial charge in [0.2, 0.25) is 0 Å². The molecule has 21 heavy (non-hydrogen) atoms. The summed E-state index contributed by atoms with van der Waals surface area (Å²) >= 11 is 6.07. The summed E-state index contributed by atoms with van der Waals surface area (Å²) in [7, 11) is 0. The highest BCUT2D eigenvalue weighted by Crippen LogP contribution is 2.30. The van der Waals surface area contributed by atoms with Crippen molar-refractivity contribution < 1.29 is 4.39 Å². The van der Waals surface area contributed by atoms with Gasteiger partial charge >= 0.3 is 0 Å². The Labute approximate surface area is 132 Å². The molecule has 0 aromatic heterocycles. The van der Waals surface area contributed by atoms with Crippen LogP contribution in [0.5, 0.6) is 0 Å². The second kappa shape index (κ2) is 8.52. The summed E-state index contributed by atoms with van der Waals surface area (Å²) in [6, 6.07) is 5.01. The van der Waals surface area contributed by atoms with E-state index in [0.29, 0.717) is 5.02 Å². The third kappa shape index (κ3) is 4.80. The van der Waals surface area contributed by atoms with Gasteiger partial charge in [0.05, 0.1) is 0 Å². The molecule has 1 aliphatic rings. The van der Waals surface area contributed by atoms with E-state index in [0.717, 1.165) is 57.4 Å². The van der Waals surface area contributed by atoms with Crippen LogP contribution in [0.4, 0.5) is 4.39 Å². The maximum Gasteiger partial charge on any atom is 0.128 e. The van der Waals surface area contributed by atoms with Gasteiger partial charge in [0.15, 0.2) is 0 Å². The summed E-state index contributed by atoms with van der Waals surface area (Å²) in [5.74, 6) is -0.147. The lowest BCUT2D eigenvalue weighted by molar-refractivity contribution is 0.160. The SMILES string of the molecule is C=CCCCC[C@@H](c1cc(Cl)ccc1F)N1CCNCC1. The average molecular weight is 311 g/mol. The van der Waals surface area contributed by atoms with Crippen LogP contribution in [-0.2, 0) is 0 Å². The van der Waals surface area contributed by atoms with Crippen molar-refractivity contribution in [3.63, 3.8) is 0 Å². The zero-order chi connectivity index (χ0) is 15.1. The first kappa shape index (κ1) is 16.5.